The van der Waals surface area contributed by atoms with Gasteiger partial charge >= 0.3 is 5.97 Å². The van der Waals surface area contributed by atoms with E-state index in [1.54, 1.807) is 0 Å². The molecule has 0 aliphatic heterocycles. The molecule has 2 unspecified atom stereocenters. The Kier molecular flexibility index (Phi) is 4.73. The Hall–Kier alpha value is -0.420. The van der Waals surface area contributed by atoms with Crippen LogP contribution in [0.3, 0.4) is 0 Å². The number of pyridine rings is 1. The molecule has 0 aliphatic rings. The summed E-state index contributed by atoms with van der Waals surface area (Å²) in [5.74, 6) is -0.319. The smallest absolute Gasteiger partial charge is 0.321 e. The van der Waals surface area contributed by atoms with E-state index in [0.717, 1.165) is 11.4 Å². The number of carbonyl (C=O) groups excluding carboxylic acids is 1. The summed E-state index contributed by atoms with van der Waals surface area (Å²) in [6.45, 7) is 1.91. The zero-order chi connectivity index (χ0) is 11.4. The minimum Gasteiger partial charge on any atom is -0.468 e. The van der Waals surface area contributed by atoms with Gasteiger partial charge in [-0.2, -0.15) is 0 Å². The highest BCUT2D eigenvalue weighted by molar-refractivity contribution is 9.12. The number of carbonyl (C=O) groups is 1. The lowest BCUT2D eigenvalue weighted by Gasteiger charge is -2.14. The van der Waals surface area contributed by atoms with Crippen LogP contribution in [-0.4, -0.2) is 22.9 Å². The fourth-order valence-electron chi connectivity index (χ4n) is 1.10. The predicted molar refractivity (Wildman–Crippen MR) is 65.4 cm³/mol. The fraction of sp³-hybridized carbons (Fsp3) is 0.400. The molecule has 1 aromatic rings. The Morgan fingerprint density at radius 3 is 2.67 bits per heavy atom. The molecule has 15 heavy (non-hydrogen) atoms. The number of rotatable bonds is 3. The van der Waals surface area contributed by atoms with Crippen molar-refractivity contribution >= 4 is 37.8 Å². The van der Waals surface area contributed by atoms with Crippen LogP contribution in [0, 0.1) is 6.92 Å². The van der Waals surface area contributed by atoms with Crippen molar-refractivity contribution < 1.29 is 9.53 Å². The highest BCUT2D eigenvalue weighted by Gasteiger charge is 2.26. The van der Waals surface area contributed by atoms with Gasteiger partial charge in [0.05, 0.1) is 17.6 Å². The average Bonchev–Trinajstić information content (AvgIpc) is 2.26. The van der Waals surface area contributed by atoms with Crippen LogP contribution in [0.1, 0.15) is 16.2 Å². The van der Waals surface area contributed by atoms with E-state index in [9.17, 15) is 4.79 Å². The van der Waals surface area contributed by atoms with Crippen molar-refractivity contribution in [3.05, 3.63) is 29.6 Å². The van der Waals surface area contributed by atoms with Crippen molar-refractivity contribution in [2.24, 2.45) is 0 Å². The predicted octanol–water partition coefficient (Wildman–Crippen LogP) is 2.76. The molecule has 0 radical (unpaired) electrons. The highest BCUT2D eigenvalue weighted by Crippen LogP contribution is 2.30. The molecule has 0 aliphatic carbocycles. The van der Waals surface area contributed by atoms with E-state index in [1.807, 2.05) is 25.1 Å². The summed E-state index contributed by atoms with van der Waals surface area (Å²) >= 11 is 6.69. The first-order valence-electron chi connectivity index (χ1n) is 4.35. The van der Waals surface area contributed by atoms with E-state index in [2.05, 4.69) is 41.6 Å². The van der Waals surface area contributed by atoms with E-state index in [1.165, 1.54) is 7.11 Å². The normalized spacial score (nSPS) is 14.4. The second-order valence-corrected chi connectivity index (χ2v) is 5.00. The molecular weight excluding hydrogens is 326 g/mol. The molecule has 1 rings (SSSR count). The van der Waals surface area contributed by atoms with Gasteiger partial charge in [-0.15, -0.1) is 0 Å². The van der Waals surface area contributed by atoms with E-state index >= 15 is 0 Å². The number of halogens is 2. The molecule has 0 saturated carbocycles. The lowest BCUT2D eigenvalue weighted by Crippen LogP contribution is -2.21. The van der Waals surface area contributed by atoms with Crippen LogP contribution in [0.5, 0.6) is 0 Å². The molecule has 5 heteroatoms. The van der Waals surface area contributed by atoms with Crippen molar-refractivity contribution in [3.8, 4) is 0 Å². The Balaban J connectivity index is 2.84. The Morgan fingerprint density at radius 1 is 1.47 bits per heavy atom. The molecule has 0 saturated heterocycles. The van der Waals surface area contributed by atoms with Gasteiger partial charge in [0.1, 0.15) is 4.83 Å². The molecule has 0 N–H and O–H groups in total. The Labute approximate surface area is 105 Å². The van der Waals surface area contributed by atoms with Gasteiger partial charge in [0.2, 0.25) is 0 Å². The van der Waals surface area contributed by atoms with Gasteiger partial charge in [-0.3, -0.25) is 9.78 Å². The van der Waals surface area contributed by atoms with Gasteiger partial charge in [0, 0.05) is 5.69 Å². The average molecular weight is 337 g/mol. The first-order chi connectivity index (χ1) is 7.06. The third-order valence-electron chi connectivity index (χ3n) is 1.88. The first-order valence-corrected chi connectivity index (χ1v) is 6.19. The summed E-state index contributed by atoms with van der Waals surface area (Å²) in [6.07, 6.45) is 0. The zero-order valence-electron chi connectivity index (χ0n) is 8.41. The Morgan fingerprint density at radius 2 is 2.13 bits per heavy atom. The van der Waals surface area contributed by atoms with Crippen molar-refractivity contribution in [2.45, 2.75) is 16.6 Å². The van der Waals surface area contributed by atoms with E-state index in [0.29, 0.717) is 0 Å². The summed E-state index contributed by atoms with van der Waals surface area (Å²) in [4.78, 5) is 15.0. The molecule has 0 fully saturated rings. The number of esters is 1. The SMILES string of the molecule is COC(=O)C(Br)C(Br)c1cccc(C)n1. The fourth-order valence-corrected chi connectivity index (χ4v) is 2.03. The van der Waals surface area contributed by atoms with Crippen LogP contribution in [0.4, 0.5) is 0 Å². The minimum atomic E-state index is -0.434. The second-order valence-electron chi connectivity index (χ2n) is 3.03. The van der Waals surface area contributed by atoms with Gasteiger partial charge in [-0.1, -0.05) is 37.9 Å². The molecule has 0 bridgehead atoms. The highest BCUT2D eigenvalue weighted by atomic mass is 79.9. The summed E-state index contributed by atoms with van der Waals surface area (Å²) in [7, 11) is 1.36. The maximum atomic E-state index is 11.3. The quantitative estimate of drug-likeness (QED) is 0.629. The van der Waals surface area contributed by atoms with Crippen molar-refractivity contribution in [1.82, 2.24) is 4.98 Å². The molecule has 0 spiro atoms. The van der Waals surface area contributed by atoms with Crippen molar-refractivity contribution in [3.63, 3.8) is 0 Å². The van der Waals surface area contributed by atoms with Crippen LogP contribution in [-0.2, 0) is 9.53 Å². The molecule has 1 heterocycles. The van der Waals surface area contributed by atoms with Crippen molar-refractivity contribution in [1.29, 1.82) is 0 Å². The molecule has 0 aromatic carbocycles. The third kappa shape index (κ3) is 3.28. The maximum absolute atomic E-state index is 11.3. The van der Waals surface area contributed by atoms with Gasteiger partial charge < -0.3 is 4.74 Å². The van der Waals surface area contributed by atoms with Gasteiger partial charge in [0.15, 0.2) is 0 Å². The van der Waals surface area contributed by atoms with Crippen molar-refractivity contribution in [2.75, 3.05) is 7.11 Å². The first kappa shape index (κ1) is 12.6. The number of methoxy groups -OCH3 is 1. The van der Waals surface area contributed by atoms with E-state index < -0.39 is 4.83 Å². The topological polar surface area (TPSA) is 39.2 Å². The van der Waals surface area contributed by atoms with Gasteiger partial charge in [-0.25, -0.2) is 0 Å². The van der Waals surface area contributed by atoms with E-state index in [4.69, 9.17) is 0 Å². The van der Waals surface area contributed by atoms with Gasteiger partial charge in [-0.05, 0) is 19.1 Å². The maximum Gasteiger partial charge on any atom is 0.321 e. The largest absolute Gasteiger partial charge is 0.468 e. The third-order valence-corrected chi connectivity index (χ3v) is 4.49. The number of nitrogens with zero attached hydrogens (tertiary/aromatic N) is 1. The summed E-state index contributed by atoms with van der Waals surface area (Å²) in [6, 6.07) is 5.68. The van der Waals surface area contributed by atoms with Crippen LogP contribution in [0.15, 0.2) is 18.2 Å². The van der Waals surface area contributed by atoms with Crippen LogP contribution < -0.4 is 0 Å². The van der Waals surface area contributed by atoms with Gasteiger partial charge in [0.25, 0.3) is 0 Å². The Bertz CT molecular complexity index is 357. The monoisotopic (exact) mass is 335 g/mol. The van der Waals surface area contributed by atoms with Crippen LogP contribution >= 0.6 is 31.9 Å². The number of aryl methyl sites for hydroxylation is 1. The second kappa shape index (κ2) is 5.61. The zero-order valence-corrected chi connectivity index (χ0v) is 11.6. The minimum absolute atomic E-state index is 0.190. The van der Waals surface area contributed by atoms with Crippen LogP contribution in [0.25, 0.3) is 0 Å². The standard InChI is InChI=1S/C10H11Br2NO2/c1-6-4-3-5-7(13-6)8(11)9(12)10(14)15-2/h3-5,8-9H,1-2H3. The molecule has 2 atom stereocenters. The molecule has 0 amide bonds. The number of aromatic nitrogens is 1. The number of alkyl halides is 2. The van der Waals surface area contributed by atoms with Crippen LogP contribution in [0.2, 0.25) is 0 Å². The summed E-state index contributed by atoms with van der Waals surface area (Å²) < 4.78 is 4.64. The lowest BCUT2D eigenvalue weighted by atomic mass is 10.2. The summed E-state index contributed by atoms with van der Waals surface area (Å²) in [5.41, 5.74) is 1.73. The van der Waals surface area contributed by atoms with E-state index in [-0.39, 0.29) is 10.8 Å². The molecule has 82 valence electrons. The number of hydrogen-bond donors (Lipinski definition) is 0. The molecular formula is C10H11Br2NO2. The number of hydrogen-bond acceptors (Lipinski definition) is 3. The number of ether oxygens (including phenoxy) is 1. The molecule has 1 aromatic heterocycles. The lowest BCUT2D eigenvalue weighted by molar-refractivity contribution is -0.139. The molecule has 3 nitrogen and oxygen atoms in total. The summed E-state index contributed by atoms with van der Waals surface area (Å²) in [5, 5.41) is 0.